The highest BCUT2D eigenvalue weighted by Crippen LogP contribution is 2.26. The van der Waals surface area contributed by atoms with Crippen LogP contribution in [0, 0.1) is 11.3 Å². The molecule has 1 unspecified atom stereocenters. The van der Waals surface area contributed by atoms with E-state index in [2.05, 4.69) is 42.7 Å². The molecule has 0 saturated carbocycles. The molecule has 0 aromatic carbocycles. The molecule has 0 amide bonds. The number of rotatable bonds is 4. The van der Waals surface area contributed by atoms with Crippen molar-refractivity contribution in [1.82, 2.24) is 5.32 Å². The first-order valence-electron chi connectivity index (χ1n) is 4.73. The molecule has 14 heavy (non-hydrogen) atoms. The molecule has 3 heteroatoms. The van der Waals surface area contributed by atoms with Crippen molar-refractivity contribution in [2.24, 2.45) is 0 Å². The maximum atomic E-state index is 8.65. The minimum absolute atomic E-state index is 0.0748. The molecule has 0 aliphatic rings. The van der Waals surface area contributed by atoms with Gasteiger partial charge in [0, 0.05) is 16.8 Å². The molecule has 76 valence electrons. The van der Waals surface area contributed by atoms with Crippen LogP contribution >= 0.6 is 11.3 Å². The van der Waals surface area contributed by atoms with Crippen LogP contribution in [0.15, 0.2) is 17.5 Å². The fraction of sp³-hybridized carbons (Fsp3) is 0.545. The van der Waals surface area contributed by atoms with Crippen molar-refractivity contribution in [1.29, 1.82) is 5.26 Å². The van der Waals surface area contributed by atoms with E-state index in [-0.39, 0.29) is 11.5 Å². The Kier molecular flexibility index (Phi) is 3.68. The van der Waals surface area contributed by atoms with E-state index in [9.17, 15) is 0 Å². The highest BCUT2D eigenvalue weighted by atomic mass is 32.1. The van der Waals surface area contributed by atoms with Crippen molar-refractivity contribution in [3.63, 3.8) is 0 Å². The summed E-state index contributed by atoms with van der Waals surface area (Å²) in [5, 5.41) is 13.9. The predicted octanol–water partition coefficient (Wildman–Crippen LogP) is 2.53. The fourth-order valence-corrected chi connectivity index (χ4v) is 2.06. The Bertz CT molecular complexity index is 309. The maximum Gasteiger partial charge on any atom is 0.0924 e. The van der Waals surface area contributed by atoms with E-state index in [1.54, 1.807) is 11.3 Å². The van der Waals surface area contributed by atoms with Gasteiger partial charge >= 0.3 is 0 Å². The van der Waals surface area contributed by atoms with E-state index in [4.69, 9.17) is 5.26 Å². The number of thiophene rings is 1. The number of nitrogens with zero attached hydrogens (tertiary/aromatic N) is 1. The lowest BCUT2D eigenvalue weighted by molar-refractivity contribution is 0.464. The molecule has 0 spiro atoms. The molecule has 0 radical (unpaired) electrons. The standard InChI is InChI=1S/C11H16N2S/c1-9(7-12)13-8-11(2,3)10-5-4-6-14-10/h4-6,9,13H,8H2,1-3H3. The van der Waals surface area contributed by atoms with Crippen LogP contribution in [0.3, 0.4) is 0 Å². The lowest BCUT2D eigenvalue weighted by Gasteiger charge is -2.24. The Morgan fingerprint density at radius 2 is 2.36 bits per heavy atom. The van der Waals surface area contributed by atoms with Gasteiger partial charge in [0.15, 0.2) is 0 Å². The van der Waals surface area contributed by atoms with E-state index in [1.165, 1.54) is 4.88 Å². The van der Waals surface area contributed by atoms with Gasteiger partial charge in [-0.1, -0.05) is 19.9 Å². The summed E-state index contributed by atoms with van der Waals surface area (Å²) in [5.74, 6) is 0. The summed E-state index contributed by atoms with van der Waals surface area (Å²) in [4.78, 5) is 1.36. The molecule has 1 aromatic rings. The molecule has 1 aromatic heterocycles. The SMILES string of the molecule is CC(C#N)NCC(C)(C)c1cccs1. The third kappa shape index (κ3) is 2.83. The Morgan fingerprint density at radius 3 is 2.86 bits per heavy atom. The molecule has 2 nitrogen and oxygen atoms in total. The first-order chi connectivity index (χ1) is 6.56. The van der Waals surface area contributed by atoms with Gasteiger partial charge in [0.2, 0.25) is 0 Å². The quantitative estimate of drug-likeness (QED) is 0.825. The monoisotopic (exact) mass is 208 g/mol. The van der Waals surface area contributed by atoms with Crippen LogP contribution in [-0.4, -0.2) is 12.6 Å². The largest absolute Gasteiger partial charge is 0.301 e. The molecular weight excluding hydrogens is 192 g/mol. The topological polar surface area (TPSA) is 35.8 Å². The Balaban J connectivity index is 2.56. The van der Waals surface area contributed by atoms with Gasteiger partial charge < -0.3 is 5.32 Å². The van der Waals surface area contributed by atoms with Gasteiger partial charge in [-0.25, -0.2) is 0 Å². The second-order valence-electron chi connectivity index (χ2n) is 4.09. The van der Waals surface area contributed by atoms with Crippen LogP contribution < -0.4 is 5.32 Å². The van der Waals surface area contributed by atoms with Gasteiger partial charge in [-0.3, -0.25) is 0 Å². The summed E-state index contributed by atoms with van der Waals surface area (Å²) in [6.07, 6.45) is 0. The second kappa shape index (κ2) is 4.59. The van der Waals surface area contributed by atoms with Crippen LogP contribution in [0.2, 0.25) is 0 Å². The van der Waals surface area contributed by atoms with Gasteiger partial charge in [0.05, 0.1) is 12.1 Å². The van der Waals surface area contributed by atoms with Crippen molar-refractivity contribution in [3.05, 3.63) is 22.4 Å². The third-order valence-corrected chi connectivity index (χ3v) is 3.47. The van der Waals surface area contributed by atoms with Crippen LogP contribution in [0.5, 0.6) is 0 Å². The minimum Gasteiger partial charge on any atom is -0.301 e. The van der Waals surface area contributed by atoms with E-state index in [0.29, 0.717) is 0 Å². The minimum atomic E-state index is -0.0748. The molecule has 0 bridgehead atoms. The predicted molar refractivity (Wildman–Crippen MR) is 60.4 cm³/mol. The van der Waals surface area contributed by atoms with Gasteiger partial charge in [-0.05, 0) is 18.4 Å². The molecule has 0 aliphatic heterocycles. The van der Waals surface area contributed by atoms with Crippen LogP contribution in [0.4, 0.5) is 0 Å². The van der Waals surface area contributed by atoms with E-state index < -0.39 is 0 Å². The lowest BCUT2D eigenvalue weighted by Crippen LogP contribution is -2.36. The highest BCUT2D eigenvalue weighted by molar-refractivity contribution is 7.10. The van der Waals surface area contributed by atoms with E-state index in [1.807, 2.05) is 6.92 Å². The van der Waals surface area contributed by atoms with Crippen LogP contribution in [0.25, 0.3) is 0 Å². The van der Waals surface area contributed by atoms with Crippen molar-refractivity contribution >= 4 is 11.3 Å². The molecule has 1 rings (SSSR count). The zero-order valence-electron chi connectivity index (χ0n) is 8.87. The van der Waals surface area contributed by atoms with E-state index >= 15 is 0 Å². The normalized spacial score (nSPS) is 13.6. The smallest absolute Gasteiger partial charge is 0.0924 e. The van der Waals surface area contributed by atoms with Gasteiger partial charge in [-0.2, -0.15) is 5.26 Å². The first-order valence-corrected chi connectivity index (χ1v) is 5.61. The van der Waals surface area contributed by atoms with Gasteiger partial charge in [0.1, 0.15) is 0 Å². The number of nitrogens with one attached hydrogen (secondary N) is 1. The zero-order valence-corrected chi connectivity index (χ0v) is 9.69. The average molecular weight is 208 g/mol. The molecule has 1 heterocycles. The molecule has 0 fully saturated rings. The summed E-state index contributed by atoms with van der Waals surface area (Å²) >= 11 is 1.77. The third-order valence-electron chi connectivity index (χ3n) is 2.23. The van der Waals surface area contributed by atoms with Crippen LogP contribution in [0.1, 0.15) is 25.6 Å². The van der Waals surface area contributed by atoms with Gasteiger partial charge in [-0.15, -0.1) is 11.3 Å². The Morgan fingerprint density at radius 1 is 1.64 bits per heavy atom. The van der Waals surface area contributed by atoms with Crippen molar-refractivity contribution in [2.75, 3.05) is 6.54 Å². The van der Waals surface area contributed by atoms with Gasteiger partial charge in [0.25, 0.3) is 0 Å². The summed E-state index contributed by atoms with van der Waals surface area (Å²) in [5.41, 5.74) is 0.110. The molecule has 0 saturated heterocycles. The van der Waals surface area contributed by atoms with Crippen molar-refractivity contribution in [3.8, 4) is 6.07 Å². The average Bonchev–Trinajstić information content (AvgIpc) is 2.67. The molecular formula is C11H16N2S. The lowest BCUT2D eigenvalue weighted by atomic mass is 9.91. The summed E-state index contributed by atoms with van der Waals surface area (Å²) in [7, 11) is 0. The first kappa shape index (κ1) is 11.2. The summed E-state index contributed by atoms with van der Waals surface area (Å²) < 4.78 is 0. The van der Waals surface area contributed by atoms with Crippen molar-refractivity contribution in [2.45, 2.75) is 32.2 Å². The maximum absolute atomic E-state index is 8.65. The summed E-state index contributed by atoms with van der Waals surface area (Å²) in [6.45, 7) is 7.10. The molecule has 0 aliphatic carbocycles. The number of hydrogen-bond acceptors (Lipinski definition) is 3. The molecule has 1 N–H and O–H groups in total. The van der Waals surface area contributed by atoms with Crippen molar-refractivity contribution < 1.29 is 0 Å². The Hall–Kier alpha value is -0.850. The van der Waals surface area contributed by atoms with Crippen LogP contribution in [-0.2, 0) is 5.41 Å². The van der Waals surface area contributed by atoms with E-state index in [0.717, 1.165) is 6.54 Å². The second-order valence-corrected chi connectivity index (χ2v) is 5.04. The fourth-order valence-electron chi connectivity index (χ4n) is 1.20. The number of nitriles is 1. The Labute approximate surface area is 89.6 Å². The summed E-state index contributed by atoms with van der Waals surface area (Å²) in [6, 6.07) is 6.31. The number of hydrogen-bond donors (Lipinski definition) is 1. The zero-order chi connectivity index (χ0) is 10.6. The molecule has 1 atom stereocenters. The highest BCUT2D eigenvalue weighted by Gasteiger charge is 2.21.